The summed E-state index contributed by atoms with van der Waals surface area (Å²) in [5.74, 6) is 0. The summed E-state index contributed by atoms with van der Waals surface area (Å²) >= 11 is 0. The van der Waals surface area contributed by atoms with Crippen molar-refractivity contribution in [3.63, 3.8) is 0 Å². The summed E-state index contributed by atoms with van der Waals surface area (Å²) in [5, 5.41) is 0. The quantitative estimate of drug-likeness (QED) is 0.825. The van der Waals surface area contributed by atoms with E-state index in [4.69, 9.17) is 5.73 Å². The van der Waals surface area contributed by atoms with E-state index in [1.54, 1.807) is 5.56 Å². The Hall–Kier alpha value is -0.820. The van der Waals surface area contributed by atoms with Crippen LogP contribution in [0.1, 0.15) is 51.2 Å². The number of rotatable bonds is 3. The molecule has 0 saturated heterocycles. The Morgan fingerprint density at radius 3 is 2.31 bits per heavy atom. The lowest BCUT2D eigenvalue weighted by Crippen LogP contribution is -2.21. The Bertz CT molecular complexity index is 369. The highest BCUT2D eigenvalue weighted by molar-refractivity contribution is 5.42. The van der Waals surface area contributed by atoms with Gasteiger partial charge in [0.1, 0.15) is 0 Å². The molecular weight excluding hydrogens is 194 g/mol. The minimum atomic E-state index is 0.237. The van der Waals surface area contributed by atoms with Gasteiger partial charge in [0.05, 0.1) is 0 Å². The fraction of sp³-hybridized carbons (Fsp3) is 0.600. The van der Waals surface area contributed by atoms with Crippen molar-refractivity contribution in [1.29, 1.82) is 0 Å². The van der Waals surface area contributed by atoms with E-state index in [1.165, 1.54) is 18.4 Å². The third-order valence-electron chi connectivity index (χ3n) is 3.78. The topological polar surface area (TPSA) is 26.0 Å². The Balaban J connectivity index is 2.41. The Kier molecular flexibility index (Phi) is 2.83. The van der Waals surface area contributed by atoms with Crippen LogP contribution in [-0.4, -0.2) is 6.54 Å². The van der Waals surface area contributed by atoms with Gasteiger partial charge in [-0.1, -0.05) is 45.0 Å². The Morgan fingerprint density at radius 1 is 1.19 bits per heavy atom. The largest absolute Gasteiger partial charge is 0.330 e. The second-order valence-electron chi connectivity index (χ2n) is 6.11. The van der Waals surface area contributed by atoms with E-state index in [0.717, 1.165) is 13.0 Å². The molecular formula is C15H23N. The molecule has 1 heteroatoms. The predicted octanol–water partition coefficient (Wildman–Crippen LogP) is 3.36. The van der Waals surface area contributed by atoms with E-state index in [9.17, 15) is 0 Å². The first kappa shape index (κ1) is 11.7. The molecule has 2 rings (SSSR count). The maximum Gasteiger partial charge on any atom is -0.00314 e. The molecule has 0 bridgehead atoms. The molecule has 16 heavy (non-hydrogen) atoms. The summed E-state index contributed by atoms with van der Waals surface area (Å²) in [7, 11) is 0. The van der Waals surface area contributed by atoms with Gasteiger partial charge in [0.2, 0.25) is 0 Å². The van der Waals surface area contributed by atoms with Gasteiger partial charge in [0, 0.05) is 0 Å². The molecule has 0 radical (unpaired) electrons. The normalized spacial score (nSPS) is 18.5. The summed E-state index contributed by atoms with van der Waals surface area (Å²) in [6.45, 7) is 7.69. The van der Waals surface area contributed by atoms with E-state index in [-0.39, 0.29) is 5.41 Å². The van der Waals surface area contributed by atoms with Crippen LogP contribution in [0.4, 0.5) is 0 Å². The van der Waals surface area contributed by atoms with Crippen molar-refractivity contribution >= 4 is 0 Å². The molecule has 1 fully saturated rings. The third-order valence-corrected chi connectivity index (χ3v) is 3.78. The van der Waals surface area contributed by atoms with Crippen molar-refractivity contribution in [3.05, 3.63) is 35.4 Å². The van der Waals surface area contributed by atoms with E-state index in [0.29, 0.717) is 5.41 Å². The van der Waals surface area contributed by atoms with Crippen LogP contribution in [0.3, 0.4) is 0 Å². The monoisotopic (exact) mass is 217 g/mol. The fourth-order valence-corrected chi connectivity index (χ4v) is 2.68. The highest BCUT2D eigenvalue weighted by atomic mass is 14.6. The maximum absolute atomic E-state index is 5.75. The van der Waals surface area contributed by atoms with Gasteiger partial charge in [-0.3, -0.25) is 0 Å². The zero-order valence-corrected chi connectivity index (χ0v) is 10.7. The summed E-state index contributed by atoms with van der Waals surface area (Å²) < 4.78 is 0. The smallest absolute Gasteiger partial charge is 0.00314 e. The lowest BCUT2D eigenvalue weighted by molar-refractivity contribution is 0.551. The van der Waals surface area contributed by atoms with E-state index >= 15 is 0 Å². The molecule has 1 aliphatic rings. The molecule has 2 N–H and O–H groups in total. The van der Waals surface area contributed by atoms with Crippen molar-refractivity contribution in [2.45, 2.75) is 50.9 Å². The first-order chi connectivity index (χ1) is 7.49. The number of nitrogens with two attached hydrogens (primary N) is 1. The summed E-state index contributed by atoms with van der Waals surface area (Å²) in [6.07, 6.45) is 3.77. The average Bonchev–Trinajstić information content (AvgIpc) is 2.98. The van der Waals surface area contributed by atoms with Gasteiger partial charge < -0.3 is 5.73 Å². The van der Waals surface area contributed by atoms with Gasteiger partial charge in [-0.25, -0.2) is 0 Å². The van der Waals surface area contributed by atoms with Gasteiger partial charge in [0.25, 0.3) is 0 Å². The van der Waals surface area contributed by atoms with Crippen molar-refractivity contribution in [3.8, 4) is 0 Å². The molecule has 1 aromatic rings. The maximum atomic E-state index is 5.75. The Morgan fingerprint density at radius 2 is 1.81 bits per heavy atom. The minimum Gasteiger partial charge on any atom is -0.330 e. The zero-order chi connectivity index (χ0) is 11.8. The van der Waals surface area contributed by atoms with Crippen molar-refractivity contribution in [2.75, 3.05) is 6.54 Å². The van der Waals surface area contributed by atoms with Crippen LogP contribution in [-0.2, 0) is 10.8 Å². The first-order valence-corrected chi connectivity index (χ1v) is 6.30. The van der Waals surface area contributed by atoms with Crippen molar-refractivity contribution in [1.82, 2.24) is 0 Å². The van der Waals surface area contributed by atoms with Crippen LogP contribution in [0.2, 0.25) is 0 Å². The van der Waals surface area contributed by atoms with E-state index in [2.05, 4.69) is 45.0 Å². The van der Waals surface area contributed by atoms with E-state index in [1.807, 2.05) is 0 Å². The predicted molar refractivity (Wildman–Crippen MR) is 69.7 cm³/mol. The second-order valence-corrected chi connectivity index (χ2v) is 6.11. The van der Waals surface area contributed by atoms with Crippen LogP contribution >= 0.6 is 0 Å². The molecule has 0 amide bonds. The molecule has 0 spiro atoms. The molecule has 1 aromatic carbocycles. The molecule has 1 nitrogen and oxygen atoms in total. The third kappa shape index (κ3) is 2.01. The van der Waals surface area contributed by atoms with Gasteiger partial charge in [-0.2, -0.15) is 0 Å². The molecule has 0 unspecified atom stereocenters. The summed E-state index contributed by atoms with van der Waals surface area (Å²) in [4.78, 5) is 0. The molecule has 1 saturated carbocycles. The average molecular weight is 217 g/mol. The fourth-order valence-electron chi connectivity index (χ4n) is 2.68. The second kappa shape index (κ2) is 3.89. The van der Waals surface area contributed by atoms with Crippen LogP contribution < -0.4 is 5.73 Å². The number of hydrogen-bond donors (Lipinski definition) is 1. The minimum absolute atomic E-state index is 0.237. The van der Waals surface area contributed by atoms with Gasteiger partial charge in [-0.05, 0) is 47.8 Å². The molecule has 0 atom stereocenters. The number of hydrogen-bond acceptors (Lipinski definition) is 1. The summed E-state index contributed by atoms with van der Waals surface area (Å²) in [6, 6.07) is 8.92. The van der Waals surface area contributed by atoms with Crippen LogP contribution in [0, 0.1) is 0 Å². The van der Waals surface area contributed by atoms with E-state index < -0.39 is 0 Å². The lowest BCUT2D eigenvalue weighted by Gasteiger charge is -2.27. The standard InChI is InChI=1S/C15H23N/c1-14(2,3)12-6-4-5-7-13(12)15(8-9-15)10-11-16/h4-7H,8-11,16H2,1-3H3. The van der Waals surface area contributed by atoms with Gasteiger partial charge in [0.15, 0.2) is 0 Å². The SMILES string of the molecule is CC(C)(C)c1ccccc1C1(CCN)CC1. The van der Waals surface area contributed by atoms with Crippen LogP contribution in [0.5, 0.6) is 0 Å². The number of benzene rings is 1. The van der Waals surface area contributed by atoms with Crippen molar-refractivity contribution in [2.24, 2.45) is 5.73 Å². The highest BCUT2D eigenvalue weighted by Gasteiger charge is 2.45. The zero-order valence-electron chi connectivity index (χ0n) is 10.7. The first-order valence-electron chi connectivity index (χ1n) is 6.30. The lowest BCUT2D eigenvalue weighted by atomic mass is 9.78. The Labute approximate surface area is 99.0 Å². The molecule has 88 valence electrons. The molecule has 0 aromatic heterocycles. The van der Waals surface area contributed by atoms with Gasteiger partial charge in [-0.15, -0.1) is 0 Å². The van der Waals surface area contributed by atoms with Crippen LogP contribution in [0.15, 0.2) is 24.3 Å². The molecule has 0 heterocycles. The highest BCUT2D eigenvalue weighted by Crippen LogP contribution is 2.53. The molecule has 1 aliphatic carbocycles. The summed E-state index contributed by atoms with van der Waals surface area (Å²) in [5.41, 5.74) is 9.45. The van der Waals surface area contributed by atoms with Crippen molar-refractivity contribution < 1.29 is 0 Å². The van der Waals surface area contributed by atoms with Gasteiger partial charge >= 0.3 is 0 Å². The van der Waals surface area contributed by atoms with Crippen LogP contribution in [0.25, 0.3) is 0 Å². The molecule has 0 aliphatic heterocycles.